The zero-order chi connectivity index (χ0) is 17.0. The number of hydrogen-bond donors (Lipinski definition) is 2. The zero-order valence-electron chi connectivity index (χ0n) is 13.2. The van der Waals surface area contributed by atoms with Gasteiger partial charge in [-0.3, -0.25) is 0 Å². The fraction of sp³-hybridized carbons (Fsp3) is 0.562. The predicted molar refractivity (Wildman–Crippen MR) is 80.0 cm³/mol. The Kier molecular flexibility index (Phi) is 5.51. The molecular formula is C16H21F3N2O2. The predicted octanol–water partition coefficient (Wildman–Crippen LogP) is 3.38. The van der Waals surface area contributed by atoms with Crippen LogP contribution in [0, 0.1) is 6.92 Å². The normalized spacial score (nSPS) is 21.8. The minimum atomic E-state index is -4.35. The van der Waals surface area contributed by atoms with Gasteiger partial charge in [0.25, 0.3) is 0 Å². The number of carbonyl (C=O) groups excluding carboxylic acids is 1. The first-order valence-electron chi connectivity index (χ1n) is 7.58. The van der Waals surface area contributed by atoms with Crippen LogP contribution in [0.25, 0.3) is 0 Å². The number of nitrogens with one attached hydrogen (secondary N) is 2. The average Bonchev–Trinajstić information content (AvgIpc) is 2.45. The van der Waals surface area contributed by atoms with Gasteiger partial charge in [-0.2, -0.15) is 13.2 Å². The highest BCUT2D eigenvalue weighted by molar-refractivity contribution is 5.74. The summed E-state index contributed by atoms with van der Waals surface area (Å²) in [4.78, 5) is 11.9. The van der Waals surface area contributed by atoms with Gasteiger partial charge in [0.1, 0.15) is 0 Å². The van der Waals surface area contributed by atoms with Gasteiger partial charge < -0.3 is 15.4 Å². The Hall–Kier alpha value is -1.76. The van der Waals surface area contributed by atoms with E-state index in [0.717, 1.165) is 25.0 Å². The Bertz CT molecular complexity index is 561. The van der Waals surface area contributed by atoms with Crippen molar-refractivity contribution in [1.82, 2.24) is 10.6 Å². The summed E-state index contributed by atoms with van der Waals surface area (Å²) in [6, 6.07) is 3.27. The number of halogens is 3. The summed E-state index contributed by atoms with van der Waals surface area (Å²) in [5.74, 6) is 0. The fourth-order valence-corrected chi connectivity index (χ4v) is 2.61. The highest BCUT2D eigenvalue weighted by atomic mass is 19.4. The molecule has 0 aromatic heterocycles. The first kappa shape index (κ1) is 17.6. The van der Waals surface area contributed by atoms with Crippen LogP contribution in [0.5, 0.6) is 0 Å². The third kappa shape index (κ3) is 5.13. The fourth-order valence-electron chi connectivity index (χ4n) is 2.61. The van der Waals surface area contributed by atoms with Crippen molar-refractivity contribution >= 4 is 6.03 Å². The van der Waals surface area contributed by atoms with E-state index in [9.17, 15) is 18.0 Å². The van der Waals surface area contributed by atoms with Crippen LogP contribution in [-0.2, 0) is 17.5 Å². The van der Waals surface area contributed by atoms with Crippen molar-refractivity contribution in [1.29, 1.82) is 0 Å². The number of benzene rings is 1. The first-order chi connectivity index (χ1) is 10.8. The first-order valence-corrected chi connectivity index (χ1v) is 7.58. The molecule has 23 heavy (non-hydrogen) atoms. The van der Waals surface area contributed by atoms with E-state index in [1.165, 1.54) is 6.07 Å². The van der Waals surface area contributed by atoms with Crippen LogP contribution in [-0.4, -0.2) is 24.8 Å². The van der Waals surface area contributed by atoms with E-state index in [1.54, 1.807) is 6.92 Å². The van der Waals surface area contributed by atoms with Crippen molar-refractivity contribution in [3.8, 4) is 0 Å². The quantitative estimate of drug-likeness (QED) is 0.893. The van der Waals surface area contributed by atoms with Crippen LogP contribution in [0.3, 0.4) is 0 Å². The highest BCUT2D eigenvalue weighted by Gasteiger charge is 2.30. The molecule has 1 saturated heterocycles. The van der Waals surface area contributed by atoms with Gasteiger partial charge in [-0.15, -0.1) is 0 Å². The molecule has 0 radical (unpaired) electrons. The molecule has 2 rings (SSSR count). The molecule has 0 saturated carbocycles. The summed E-state index contributed by atoms with van der Waals surface area (Å²) in [5.41, 5.74) is 0.479. The molecule has 2 amide bonds. The van der Waals surface area contributed by atoms with Crippen molar-refractivity contribution < 1.29 is 22.7 Å². The molecule has 2 atom stereocenters. The summed E-state index contributed by atoms with van der Waals surface area (Å²) in [6.45, 7) is 4.36. The molecule has 0 bridgehead atoms. The Balaban J connectivity index is 1.86. The average molecular weight is 330 g/mol. The zero-order valence-corrected chi connectivity index (χ0v) is 13.2. The van der Waals surface area contributed by atoms with Crippen molar-refractivity contribution in [2.75, 3.05) is 6.61 Å². The van der Waals surface area contributed by atoms with E-state index >= 15 is 0 Å². The molecule has 2 unspecified atom stereocenters. The van der Waals surface area contributed by atoms with Crippen molar-refractivity contribution in [3.05, 3.63) is 34.9 Å². The van der Waals surface area contributed by atoms with Crippen LogP contribution in [0.15, 0.2) is 18.2 Å². The molecule has 2 N–H and O–H groups in total. The molecule has 0 aliphatic carbocycles. The number of rotatable bonds is 3. The van der Waals surface area contributed by atoms with E-state index in [-0.39, 0.29) is 24.7 Å². The molecule has 7 heteroatoms. The van der Waals surface area contributed by atoms with E-state index in [0.29, 0.717) is 17.7 Å². The van der Waals surface area contributed by atoms with Gasteiger partial charge in [-0.05, 0) is 49.9 Å². The maximum Gasteiger partial charge on any atom is 0.416 e. The van der Waals surface area contributed by atoms with Crippen LogP contribution in [0.1, 0.15) is 36.5 Å². The SMILES string of the molecule is Cc1cc(C(F)(F)F)ccc1CNC(=O)NC1CCOC(C)C1. The second kappa shape index (κ2) is 7.21. The monoisotopic (exact) mass is 330 g/mol. The van der Waals surface area contributed by atoms with Crippen LogP contribution in [0.4, 0.5) is 18.0 Å². The van der Waals surface area contributed by atoms with E-state index < -0.39 is 11.7 Å². The second-order valence-corrected chi connectivity index (χ2v) is 5.87. The maximum atomic E-state index is 12.6. The third-order valence-corrected chi connectivity index (χ3v) is 3.93. The van der Waals surface area contributed by atoms with Gasteiger partial charge in [0, 0.05) is 19.2 Å². The number of hydrogen-bond acceptors (Lipinski definition) is 2. The lowest BCUT2D eigenvalue weighted by Crippen LogP contribution is -2.45. The van der Waals surface area contributed by atoms with E-state index in [1.807, 2.05) is 6.92 Å². The Morgan fingerprint density at radius 2 is 2.13 bits per heavy atom. The van der Waals surface area contributed by atoms with Crippen LogP contribution < -0.4 is 10.6 Å². The van der Waals surface area contributed by atoms with Gasteiger partial charge in [0.05, 0.1) is 11.7 Å². The smallest absolute Gasteiger partial charge is 0.378 e. The van der Waals surface area contributed by atoms with Crippen LogP contribution >= 0.6 is 0 Å². The number of aryl methyl sites for hydroxylation is 1. The van der Waals surface area contributed by atoms with Gasteiger partial charge in [-0.25, -0.2) is 4.79 Å². The summed E-state index contributed by atoms with van der Waals surface area (Å²) < 4.78 is 43.3. The minimum absolute atomic E-state index is 0.0625. The molecule has 1 aromatic carbocycles. The summed E-state index contributed by atoms with van der Waals surface area (Å²) in [6.07, 6.45) is -2.72. The largest absolute Gasteiger partial charge is 0.416 e. The highest BCUT2D eigenvalue weighted by Crippen LogP contribution is 2.30. The molecule has 4 nitrogen and oxygen atoms in total. The summed E-state index contributed by atoms with van der Waals surface area (Å²) in [7, 11) is 0. The molecule has 1 aliphatic rings. The Morgan fingerprint density at radius 1 is 1.39 bits per heavy atom. The lowest BCUT2D eigenvalue weighted by Gasteiger charge is -2.28. The topological polar surface area (TPSA) is 50.4 Å². The van der Waals surface area contributed by atoms with Gasteiger partial charge in [0.2, 0.25) is 0 Å². The number of ether oxygens (including phenoxy) is 1. The summed E-state index contributed by atoms with van der Waals surface area (Å²) >= 11 is 0. The van der Waals surface area contributed by atoms with E-state index in [2.05, 4.69) is 10.6 Å². The Morgan fingerprint density at radius 3 is 2.74 bits per heavy atom. The maximum absolute atomic E-state index is 12.6. The molecule has 1 fully saturated rings. The number of carbonyl (C=O) groups is 1. The second-order valence-electron chi connectivity index (χ2n) is 5.87. The number of urea groups is 1. The molecule has 0 spiro atoms. The molecular weight excluding hydrogens is 309 g/mol. The number of alkyl halides is 3. The third-order valence-electron chi connectivity index (χ3n) is 3.93. The van der Waals surface area contributed by atoms with Crippen molar-refractivity contribution in [2.45, 2.75) is 51.6 Å². The lowest BCUT2D eigenvalue weighted by atomic mass is 10.0. The van der Waals surface area contributed by atoms with E-state index in [4.69, 9.17) is 4.74 Å². The number of amides is 2. The molecule has 1 aliphatic heterocycles. The molecule has 1 aromatic rings. The molecule has 128 valence electrons. The summed E-state index contributed by atoms with van der Waals surface area (Å²) in [5, 5.41) is 5.55. The van der Waals surface area contributed by atoms with Crippen LogP contribution in [0.2, 0.25) is 0 Å². The molecule has 1 heterocycles. The minimum Gasteiger partial charge on any atom is -0.378 e. The van der Waals surface area contributed by atoms with Gasteiger partial charge in [0.15, 0.2) is 0 Å². The van der Waals surface area contributed by atoms with Gasteiger partial charge in [-0.1, -0.05) is 6.07 Å². The van der Waals surface area contributed by atoms with Gasteiger partial charge >= 0.3 is 12.2 Å². The Labute approximate surface area is 133 Å². The standard InChI is InChI=1S/C16H21F3N2O2/c1-10-7-13(16(17,18)19)4-3-12(10)9-20-15(22)21-14-5-6-23-11(2)8-14/h3-4,7,11,14H,5-6,8-9H2,1-2H3,(H2,20,21,22). The lowest BCUT2D eigenvalue weighted by molar-refractivity contribution is -0.137. The van der Waals surface area contributed by atoms with Crippen molar-refractivity contribution in [2.24, 2.45) is 0 Å². The van der Waals surface area contributed by atoms with Crippen molar-refractivity contribution in [3.63, 3.8) is 0 Å².